The van der Waals surface area contributed by atoms with Crippen LogP contribution in [0.2, 0.25) is 5.02 Å². The summed E-state index contributed by atoms with van der Waals surface area (Å²) in [6.07, 6.45) is 5.27. The fourth-order valence-corrected chi connectivity index (χ4v) is 2.58. The van der Waals surface area contributed by atoms with E-state index in [2.05, 4.69) is 41.7 Å². The molecule has 8 heteroatoms. The predicted octanol–water partition coefficient (Wildman–Crippen LogP) is 3.13. The third-order valence-electron chi connectivity index (χ3n) is 4.00. The molecular weight excluding hydrogens is 354 g/mol. The molecular formula is C18H24ClN5O2. The highest BCUT2D eigenvalue weighted by molar-refractivity contribution is 6.34. The molecule has 1 aromatic carbocycles. The molecule has 0 fully saturated rings. The number of hydrogen-bond acceptors (Lipinski definition) is 3. The number of anilines is 1. The van der Waals surface area contributed by atoms with Gasteiger partial charge in [0.05, 0.1) is 23.0 Å². The van der Waals surface area contributed by atoms with E-state index in [1.54, 1.807) is 30.7 Å². The zero-order chi connectivity index (χ0) is 19.3. The summed E-state index contributed by atoms with van der Waals surface area (Å²) in [7, 11) is 1.52. The van der Waals surface area contributed by atoms with E-state index in [-0.39, 0.29) is 23.4 Å². The van der Waals surface area contributed by atoms with Crippen molar-refractivity contribution in [3.63, 3.8) is 0 Å². The van der Waals surface area contributed by atoms with Gasteiger partial charge < -0.3 is 20.5 Å². The van der Waals surface area contributed by atoms with E-state index >= 15 is 0 Å². The van der Waals surface area contributed by atoms with E-state index in [9.17, 15) is 9.59 Å². The summed E-state index contributed by atoms with van der Waals surface area (Å²) in [4.78, 5) is 28.3. The number of carbonyl (C=O) groups is 2. The van der Waals surface area contributed by atoms with Crippen LogP contribution in [0.1, 0.15) is 31.1 Å². The molecule has 26 heavy (non-hydrogen) atoms. The average molecular weight is 378 g/mol. The lowest BCUT2D eigenvalue weighted by atomic mass is 9.86. The lowest BCUT2D eigenvalue weighted by Gasteiger charge is -2.31. The first-order valence-corrected chi connectivity index (χ1v) is 8.63. The third kappa shape index (κ3) is 5.23. The lowest BCUT2D eigenvalue weighted by molar-refractivity contribution is 0.0963. The van der Waals surface area contributed by atoms with Gasteiger partial charge in [0.15, 0.2) is 0 Å². The van der Waals surface area contributed by atoms with E-state index in [1.165, 1.54) is 7.05 Å². The highest BCUT2D eigenvalue weighted by Gasteiger charge is 2.26. The highest BCUT2D eigenvalue weighted by Crippen LogP contribution is 2.22. The van der Waals surface area contributed by atoms with E-state index in [4.69, 9.17) is 11.6 Å². The largest absolute Gasteiger partial charge is 0.355 e. The zero-order valence-electron chi connectivity index (χ0n) is 15.3. The van der Waals surface area contributed by atoms with Crippen LogP contribution in [-0.2, 0) is 6.54 Å². The van der Waals surface area contributed by atoms with Crippen LogP contribution < -0.4 is 16.0 Å². The molecule has 0 radical (unpaired) electrons. The van der Waals surface area contributed by atoms with E-state index < -0.39 is 0 Å². The van der Waals surface area contributed by atoms with Crippen molar-refractivity contribution in [2.75, 3.05) is 12.4 Å². The van der Waals surface area contributed by atoms with E-state index in [0.29, 0.717) is 22.8 Å². The first-order valence-electron chi connectivity index (χ1n) is 8.25. The van der Waals surface area contributed by atoms with Gasteiger partial charge in [0.2, 0.25) is 0 Å². The standard InChI is InChI=1S/C18H24ClN5O2/c1-18(2,3)15(10-24-8-7-21-11-24)23-17(26)22-12-5-6-14(19)13(9-12)16(25)20-4/h5-9,11,15H,10H2,1-4H3,(H,20,25)(H2,22,23,26)/t15-/m1/s1. The van der Waals surface area contributed by atoms with Crippen LogP contribution in [-0.4, -0.2) is 34.6 Å². The normalized spacial score (nSPS) is 12.3. The van der Waals surface area contributed by atoms with Crippen LogP contribution in [0.15, 0.2) is 36.9 Å². The van der Waals surface area contributed by atoms with Crippen molar-refractivity contribution >= 4 is 29.2 Å². The minimum Gasteiger partial charge on any atom is -0.355 e. The van der Waals surface area contributed by atoms with Gasteiger partial charge in [-0.25, -0.2) is 9.78 Å². The summed E-state index contributed by atoms with van der Waals surface area (Å²) in [6, 6.07) is 4.30. The second-order valence-electron chi connectivity index (χ2n) is 7.05. The molecule has 3 N–H and O–H groups in total. The Bertz CT molecular complexity index is 768. The van der Waals surface area contributed by atoms with Gasteiger partial charge in [-0.05, 0) is 23.6 Å². The van der Waals surface area contributed by atoms with Gasteiger partial charge in [-0.3, -0.25) is 4.79 Å². The fraction of sp³-hybridized carbons (Fsp3) is 0.389. The number of amides is 3. The van der Waals surface area contributed by atoms with Gasteiger partial charge in [0.1, 0.15) is 0 Å². The molecule has 0 spiro atoms. The number of urea groups is 1. The monoisotopic (exact) mass is 377 g/mol. The Hall–Kier alpha value is -2.54. The molecule has 0 saturated heterocycles. The van der Waals surface area contributed by atoms with Gasteiger partial charge in [-0.2, -0.15) is 0 Å². The molecule has 0 unspecified atom stereocenters. The number of carbonyl (C=O) groups excluding carboxylic acids is 2. The summed E-state index contributed by atoms with van der Waals surface area (Å²) >= 11 is 6.03. The zero-order valence-corrected chi connectivity index (χ0v) is 16.1. The van der Waals surface area contributed by atoms with Crippen LogP contribution in [0.4, 0.5) is 10.5 Å². The number of benzene rings is 1. The molecule has 0 saturated carbocycles. The second-order valence-corrected chi connectivity index (χ2v) is 7.46. The Kier molecular flexibility index (Phi) is 6.26. The van der Waals surface area contributed by atoms with Crippen molar-refractivity contribution in [1.82, 2.24) is 20.2 Å². The number of nitrogens with one attached hydrogen (secondary N) is 3. The molecule has 0 aliphatic carbocycles. The van der Waals surface area contributed by atoms with Crippen LogP contribution in [0.5, 0.6) is 0 Å². The smallest absolute Gasteiger partial charge is 0.319 e. The summed E-state index contributed by atoms with van der Waals surface area (Å²) in [5.74, 6) is -0.313. The molecule has 0 aliphatic heterocycles. The maximum atomic E-state index is 12.5. The SMILES string of the molecule is CNC(=O)c1cc(NC(=O)N[C@H](Cn2ccnc2)C(C)(C)C)ccc1Cl. The highest BCUT2D eigenvalue weighted by atomic mass is 35.5. The first-order chi connectivity index (χ1) is 12.2. The number of aromatic nitrogens is 2. The summed E-state index contributed by atoms with van der Waals surface area (Å²) < 4.78 is 1.92. The maximum absolute atomic E-state index is 12.5. The molecule has 2 aromatic rings. The van der Waals surface area contributed by atoms with Gasteiger partial charge >= 0.3 is 6.03 Å². The number of rotatable bonds is 5. The molecule has 1 aromatic heterocycles. The quantitative estimate of drug-likeness (QED) is 0.747. The van der Waals surface area contributed by atoms with Crippen molar-refractivity contribution in [1.29, 1.82) is 0 Å². The van der Waals surface area contributed by atoms with Crippen molar-refractivity contribution in [2.24, 2.45) is 5.41 Å². The van der Waals surface area contributed by atoms with Gasteiger partial charge in [-0.1, -0.05) is 32.4 Å². The number of hydrogen-bond donors (Lipinski definition) is 3. The molecule has 7 nitrogen and oxygen atoms in total. The van der Waals surface area contributed by atoms with Crippen molar-refractivity contribution < 1.29 is 9.59 Å². The molecule has 3 amide bonds. The van der Waals surface area contributed by atoms with Gasteiger partial charge in [0, 0.05) is 31.7 Å². The Balaban J connectivity index is 2.09. The number of halogens is 1. The fourth-order valence-electron chi connectivity index (χ4n) is 2.38. The Morgan fingerprint density at radius 1 is 1.31 bits per heavy atom. The van der Waals surface area contributed by atoms with Gasteiger partial charge in [-0.15, -0.1) is 0 Å². The Morgan fingerprint density at radius 3 is 2.62 bits per heavy atom. The number of imidazole rings is 1. The lowest BCUT2D eigenvalue weighted by Crippen LogP contribution is -2.47. The molecule has 0 aliphatic rings. The Labute approximate surface area is 158 Å². The van der Waals surface area contributed by atoms with Crippen molar-refractivity contribution in [2.45, 2.75) is 33.4 Å². The number of nitrogens with zero attached hydrogens (tertiary/aromatic N) is 2. The minimum absolute atomic E-state index is 0.123. The van der Waals surface area contributed by atoms with Crippen LogP contribution in [0, 0.1) is 5.41 Å². The maximum Gasteiger partial charge on any atom is 0.319 e. The van der Waals surface area contributed by atoms with E-state index in [0.717, 1.165) is 0 Å². The average Bonchev–Trinajstić information content (AvgIpc) is 3.07. The van der Waals surface area contributed by atoms with Crippen molar-refractivity contribution in [3.8, 4) is 0 Å². The van der Waals surface area contributed by atoms with Crippen LogP contribution >= 0.6 is 11.6 Å². The first kappa shape index (κ1) is 19.8. The molecule has 0 bridgehead atoms. The second kappa shape index (κ2) is 8.23. The molecule has 1 atom stereocenters. The molecule has 1 heterocycles. The van der Waals surface area contributed by atoms with Gasteiger partial charge in [0.25, 0.3) is 5.91 Å². The predicted molar refractivity (Wildman–Crippen MR) is 102 cm³/mol. The minimum atomic E-state index is -0.352. The topological polar surface area (TPSA) is 88.0 Å². The summed E-state index contributed by atoms with van der Waals surface area (Å²) in [6.45, 7) is 6.77. The van der Waals surface area contributed by atoms with Crippen LogP contribution in [0.3, 0.4) is 0 Å². The third-order valence-corrected chi connectivity index (χ3v) is 4.33. The summed E-state index contributed by atoms with van der Waals surface area (Å²) in [5.41, 5.74) is 0.632. The van der Waals surface area contributed by atoms with Crippen molar-refractivity contribution in [3.05, 3.63) is 47.5 Å². The Morgan fingerprint density at radius 2 is 2.04 bits per heavy atom. The van der Waals surface area contributed by atoms with E-state index in [1.807, 2.05) is 10.8 Å². The molecule has 2 rings (SSSR count). The summed E-state index contributed by atoms with van der Waals surface area (Å²) in [5, 5.41) is 8.59. The van der Waals surface area contributed by atoms with Crippen LogP contribution in [0.25, 0.3) is 0 Å². The molecule has 140 valence electrons.